The molecule has 0 aliphatic carbocycles. The maximum atomic E-state index is 12.4. The van der Waals surface area contributed by atoms with Gasteiger partial charge in [0.15, 0.2) is 0 Å². The van der Waals surface area contributed by atoms with Crippen LogP contribution in [0.15, 0.2) is 121 Å². The zero-order chi connectivity index (χ0) is 28.8. The second kappa shape index (κ2) is 9.87. The van der Waals surface area contributed by atoms with Crippen LogP contribution in [-0.4, -0.2) is 23.9 Å². The van der Waals surface area contributed by atoms with E-state index >= 15 is 0 Å². The molecule has 42 heavy (non-hydrogen) atoms. The topological polar surface area (TPSA) is 93.2 Å². The molecule has 2 heterocycles. The van der Waals surface area contributed by atoms with Crippen molar-refractivity contribution in [3.05, 3.63) is 144 Å². The van der Waals surface area contributed by atoms with Gasteiger partial charge in [-0.3, -0.25) is 0 Å². The van der Waals surface area contributed by atoms with E-state index in [1.807, 2.05) is 89.8 Å². The second-order valence-electron chi connectivity index (χ2n) is 9.67. The minimum atomic E-state index is -0.725. The summed E-state index contributed by atoms with van der Waals surface area (Å²) < 4.78 is 9.58. The van der Waals surface area contributed by atoms with Gasteiger partial charge < -0.3 is 19.3 Å². The lowest BCUT2D eigenvalue weighted by Gasteiger charge is -2.28. The van der Waals surface area contributed by atoms with Gasteiger partial charge in [-0.1, -0.05) is 36.4 Å². The van der Waals surface area contributed by atoms with Gasteiger partial charge in [0.1, 0.15) is 0 Å². The van der Waals surface area contributed by atoms with Gasteiger partial charge in [-0.25, -0.2) is 19.2 Å². The lowest BCUT2D eigenvalue weighted by atomic mass is 10.0. The summed E-state index contributed by atoms with van der Waals surface area (Å²) in [7, 11) is 0. The highest BCUT2D eigenvalue weighted by molar-refractivity contribution is 6.16. The predicted octanol–water partition coefficient (Wildman–Crippen LogP) is 7.25. The first kappa shape index (κ1) is 25.0. The summed E-state index contributed by atoms with van der Waals surface area (Å²) in [4.78, 5) is 52.9. The van der Waals surface area contributed by atoms with Crippen LogP contribution in [-0.2, 0) is 9.47 Å². The van der Waals surface area contributed by atoms with Crippen molar-refractivity contribution in [2.45, 2.75) is 0 Å². The first-order valence-corrected chi connectivity index (χ1v) is 13.1. The maximum absolute atomic E-state index is 12.4. The van der Waals surface area contributed by atoms with Crippen LogP contribution in [0.1, 0.15) is 41.4 Å². The van der Waals surface area contributed by atoms with E-state index in [4.69, 9.17) is 9.47 Å². The number of rotatable bonds is 6. The normalized spacial score (nSPS) is 13.3. The Morgan fingerprint density at radius 3 is 1.05 bits per heavy atom. The molecule has 0 bridgehead atoms. The van der Waals surface area contributed by atoms with Gasteiger partial charge in [0.05, 0.1) is 22.3 Å². The molecular formula is C34H20N2O6. The molecule has 0 spiro atoms. The minimum Gasteiger partial charge on any atom is -0.386 e. The number of anilines is 6. The van der Waals surface area contributed by atoms with Crippen molar-refractivity contribution < 1.29 is 28.7 Å². The first-order chi connectivity index (χ1) is 20.5. The molecule has 7 rings (SSSR count). The van der Waals surface area contributed by atoms with E-state index in [0.717, 1.165) is 17.1 Å². The van der Waals surface area contributed by atoms with Crippen LogP contribution in [0.2, 0.25) is 0 Å². The van der Waals surface area contributed by atoms with E-state index in [9.17, 15) is 19.2 Å². The molecular weight excluding hydrogens is 532 g/mol. The Morgan fingerprint density at radius 1 is 0.333 bits per heavy atom. The number of hydrogen-bond donors (Lipinski definition) is 0. The standard InChI is InChI=1S/C34H20N2O6/c37-31-27-17-15-25(19-29(27)33(39)41-31)36(26-16-18-28-30(20-26)34(40)42-32(28)38)24-13-11-23(12-14-24)35(21-7-3-1-4-8-21)22-9-5-2-6-10-22/h1-20H. The van der Waals surface area contributed by atoms with Crippen LogP contribution in [0.25, 0.3) is 0 Å². The molecule has 8 heteroatoms. The number of carbonyl (C=O) groups excluding carboxylic acids is 4. The fourth-order valence-electron chi connectivity index (χ4n) is 5.22. The number of hydrogen-bond acceptors (Lipinski definition) is 8. The summed E-state index contributed by atoms with van der Waals surface area (Å²) in [6, 6.07) is 37.4. The fourth-order valence-corrected chi connectivity index (χ4v) is 5.22. The molecule has 0 radical (unpaired) electrons. The van der Waals surface area contributed by atoms with E-state index < -0.39 is 23.9 Å². The number of ether oxygens (including phenoxy) is 2. The molecule has 2 aliphatic heterocycles. The Morgan fingerprint density at radius 2 is 0.643 bits per heavy atom. The summed E-state index contributed by atoms with van der Waals surface area (Å²) in [5, 5.41) is 0. The van der Waals surface area contributed by atoms with Crippen LogP contribution >= 0.6 is 0 Å². The average molecular weight is 553 g/mol. The fraction of sp³-hybridized carbons (Fsp3) is 0. The third kappa shape index (κ3) is 4.18. The zero-order valence-corrected chi connectivity index (χ0v) is 21.9. The molecule has 0 aromatic heterocycles. The lowest BCUT2D eigenvalue weighted by molar-refractivity contribution is 0.0425. The van der Waals surface area contributed by atoms with E-state index in [1.165, 1.54) is 12.1 Å². The third-order valence-electron chi connectivity index (χ3n) is 7.17. The SMILES string of the molecule is O=C1OC(=O)c2cc(N(c3ccc(N(c4ccccc4)c4ccccc4)cc3)c3ccc4c(c3)C(=O)OC4=O)ccc21. The van der Waals surface area contributed by atoms with Crippen molar-refractivity contribution in [3.8, 4) is 0 Å². The van der Waals surface area contributed by atoms with E-state index in [-0.39, 0.29) is 22.3 Å². The molecule has 5 aromatic carbocycles. The van der Waals surface area contributed by atoms with Gasteiger partial charge in [0.2, 0.25) is 0 Å². The second-order valence-corrected chi connectivity index (χ2v) is 9.67. The molecule has 2 aliphatic rings. The van der Waals surface area contributed by atoms with Crippen LogP contribution in [0.4, 0.5) is 34.1 Å². The quantitative estimate of drug-likeness (QED) is 0.161. The average Bonchev–Trinajstić information content (AvgIpc) is 3.47. The van der Waals surface area contributed by atoms with Crippen molar-refractivity contribution in [2.75, 3.05) is 9.80 Å². The summed E-state index contributed by atoms with van der Waals surface area (Å²) in [5.41, 5.74) is 5.34. The van der Waals surface area contributed by atoms with E-state index in [2.05, 4.69) is 4.90 Å². The van der Waals surface area contributed by atoms with E-state index in [0.29, 0.717) is 17.1 Å². The molecule has 0 saturated heterocycles. The third-order valence-corrected chi connectivity index (χ3v) is 7.17. The Hall–Kier alpha value is -6.02. The molecule has 0 saturated carbocycles. The minimum absolute atomic E-state index is 0.147. The highest BCUT2D eigenvalue weighted by Crippen LogP contribution is 2.41. The Labute approximate surface area is 240 Å². The number of fused-ring (bicyclic) bond motifs is 2. The largest absolute Gasteiger partial charge is 0.386 e. The zero-order valence-electron chi connectivity index (χ0n) is 21.9. The summed E-state index contributed by atoms with van der Waals surface area (Å²) in [6.45, 7) is 0. The number of esters is 4. The van der Waals surface area contributed by atoms with Gasteiger partial charge in [-0.05, 0) is 84.9 Å². The Kier molecular flexibility index (Phi) is 5.87. The number of cyclic esters (lactones) is 4. The monoisotopic (exact) mass is 552 g/mol. The lowest BCUT2D eigenvalue weighted by Crippen LogP contribution is -2.13. The van der Waals surface area contributed by atoms with Crippen LogP contribution < -0.4 is 9.80 Å². The van der Waals surface area contributed by atoms with Crippen LogP contribution in [0.5, 0.6) is 0 Å². The highest BCUT2D eigenvalue weighted by atomic mass is 16.6. The molecule has 0 atom stereocenters. The molecule has 0 amide bonds. The molecule has 8 nitrogen and oxygen atoms in total. The summed E-state index contributed by atoms with van der Waals surface area (Å²) >= 11 is 0. The molecule has 202 valence electrons. The Balaban J connectivity index is 1.35. The van der Waals surface area contributed by atoms with Gasteiger partial charge in [0.25, 0.3) is 0 Å². The van der Waals surface area contributed by atoms with Crippen LogP contribution in [0.3, 0.4) is 0 Å². The predicted molar refractivity (Wildman–Crippen MR) is 155 cm³/mol. The van der Waals surface area contributed by atoms with Gasteiger partial charge >= 0.3 is 23.9 Å². The molecule has 0 N–H and O–H groups in total. The van der Waals surface area contributed by atoms with E-state index in [1.54, 1.807) is 24.3 Å². The number of para-hydroxylation sites is 2. The first-order valence-electron chi connectivity index (χ1n) is 13.1. The molecule has 5 aromatic rings. The van der Waals surface area contributed by atoms with Crippen molar-refractivity contribution in [2.24, 2.45) is 0 Å². The highest BCUT2D eigenvalue weighted by Gasteiger charge is 2.33. The van der Waals surface area contributed by atoms with Gasteiger partial charge in [-0.2, -0.15) is 0 Å². The Bertz CT molecular complexity index is 1790. The number of nitrogens with zero attached hydrogens (tertiary/aromatic N) is 2. The van der Waals surface area contributed by atoms with Gasteiger partial charge in [-0.15, -0.1) is 0 Å². The van der Waals surface area contributed by atoms with Crippen LogP contribution in [0, 0.1) is 0 Å². The molecule has 0 unspecified atom stereocenters. The summed E-state index contributed by atoms with van der Waals surface area (Å²) in [5.74, 6) is -2.84. The summed E-state index contributed by atoms with van der Waals surface area (Å²) in [6.07, 6.45) is 0. The number of benzene rings is 5. The smallest absolute Gasteiger partial charge is 0.346 e. The molecule has 0 fully saturated rings. The van der Waals surface area contributed by atoms with Crippen molar-refractivity contribution in [1.29, 1.82) is 0 Å². The van der Waals surface area contributed by atoms with Crippen molar-refractivity contribution in [3.63, 3.8) is 0 Å². The maximum Gasteiger partial charge on any atom is 0.346 e. The van der Waals surface area contributed by atoms with Gasteiger partial charge in [0, 0.05) is 34.1 Å². The van der Waals surface area contributed by atoms with Crippen molar-refractivity contribution >= 4 is 58.0 Å². The van der Waals surface area contributed by atoms with Crippen molar-refractivity contribution in [1.82, 2.24) is 0 Å². The number of carbonyl (C=O) groups is 4.